The Morgan fingerprint density at radius 3 is 2.84 bits per heavy atom. The van der Waals surface area contributed by atoms with Crippen LogP contribution in [0.2, 0.25) is 0 Å². The number of ether oxygens (including phenoxy) is 1. The third kappa shape index (κ3) is 4.02. The molecule has 0 unspecified atom stereocenters. The Bertz CT molecular complexity index is 1210. The van der Waals surface area contributed by atoms with Gasteiger partial charge in [0.25, 0.3) is 5.91 Å². The van der Waals surface area contributed by atoms with Gasteiger partial charge in [0.15, 0.2) is 0 Å². The number of aryl methyl sites for hydroxylation is 1. The molecule has 0 saturated carbocycles. The zero-order valence-corrected chi connectivity index (χ0v) is 17.6. The number of rotatable bonds is 5. The van der Waals surface area contributed by atoms with E-state index in [0.29, 0.717) is 43.3 Å². The third-order valence-corrected chi connectivity index (χ3v) is 5.52. The first-order valence-electron chi connectivity index (χ1n) is 10.4. The van der Waals surface area contributed by atoms with Gasteiger partial charge in [-0.3, -0.25) is 4.79 Å². The van der Waals surface area contributed by atoms with E-state index >= 15 is 0 Å². The summed E-state index contributed by atoms with van der Waals surface area (Å²) in [6.07, 6.45) is 5.17. The zero-order valence-electron chi connectivity index (χ0n) is 17.6. The van der Waals surface area contributed by atoms with Crippen LogP contribution in [0.1, 0.15) is 21.5 Å². The van der Waals surface area contributed by atoms with Crippen LogP contribution in [0.5, 0.6) is 0 Å². The van der Waals surface area contributed by atoms with Gasteiger partial charge < -0.3 is 14.2 Å². The molecule has 5 rings (SSSR count). The first kappa shape index (κ1) is 20.1. The number of aromatic nitrogens is 5. The van der Waals surface area contributed by atoms with Crippen LogP contribution >= 0.6 is 0 Å². The standard InChI is InChI=1S/C23H22N6O3/c1-16-5-6-20(21(11-16)29-25-7-8-26-29)23(30)28-9-10-31-14-19(28)13-17-3-2-4-18(12-17)22-24-15-32-27-22/h2-8,11-12,15,19H,9-10,13-14H2,1H3/t19-/m1/s1. The lowest BCUT2D eigenvalue weighted by Gasteiger charge is -2.36. The molecule has 1 aliphatic heterocycles. The monoisotopic (exact) mass is 430 g/mol. The van der Waals surface area contributed by atoms with E-state index in [1.807, 2.05) is 54.3 Å². The van der Waals surface area contributed by atoms with E-state index in [0.717, 1.165) is 16.7 Å². The highest BCUT2D eigenvalue weighted by molar-refractivity contribution is 5.98. The fourth-order valence-electron chi connectivity index (χ4n) is 3.98. The summed E-state index contributed by atoms with van der Waals surface area (Å²) >= 11 is 0. The van der Waals surface area contributed by atoms with Crippen molar-refractivity contribution < 1.29 is 14.1 Å². The van der Waals surface area contributed by atoms with Gasteiger partial charge in [0.2, 0.25) is 12.2 Å². The van der Waals surface area contributed by atoms with Crippen molar-refractivity contribution in [1.82, 2.24) is 30.0 Å². The van der Waals surface area contributed by atoms with Crippen LogP contribution in [0.25, 0.3) is 17.1 Å². The zero-order chi connectivity index (χ0) is 21.9. The predicted octanol–water partition coefficient (Wildman–Crippen LogP) is 2.71. The first-order valence-corrected chi connectivity index (χ1v) is 10.4. The summed E-state index contributed by atoms with van der Waals surface area (Å²) in [4.78, 5) is 21.1. The van der Waals surface area contributed by atoms with Gasteiger partial charge in [-0.2, -0.15) is 20.0 Å². The van der Waals surface area contributed by atoms with Gasteiger partial charge in [-0.1, -0.05) is 29.4 Å². The predicted molar refractivity (Wildman–Crippen MR) is 115 cm³/mol. The number of benzene rings is 2. The molecule has 1 amide bonds. The molecule has 2 aromatic heterocycles. The molecule has 9 nitrogen and oxygen atoms in total. The Kier molecular flexibility index (Phi) is 5.47. The van der Waals surface area contributed by atoms with Crippen LogP contribution in [0, 0.1) is 6.92 Å². The smallest absolute Gasteiger partial charge is 0.256 e. The summed E-state index contributed by atoms with van der Waals surface area (Å²) in [5, 5.41) is 12.4. The molecule has 162 valence electrons. The number of carbonyl (C=O) groups excluding carboxylic acids is 1. The fraction of sp³-hybridized carbons (Fsp3) is 0.261. The molecule has 0 bridgehead atoms. The minimum atomic E-state index is -0.100. The highest BCUT2D eigenvalue weighted by Crippen LogP contribution is 2.23. The molecule has 0 spiro atoms. The molecule has 9 heteroatoms. The fourth-order valence-corrected chi connectivity index (χ4v) is 3.98. The van der Waals surface area contributed by atoms with Gasteiger partial charge in [-0.25, -0.2) is 0 Å². The van der Waals surface area contributed by atoms with Gasteiger partial charge in [-0.15, -0.1) is 0 Å². The quantitative estimate of drug-likeness (QED) is 0.480. The van der Waals surface area contributed by atoms with Crippen molar-refractivity contribution in [2.45, 2.75) is 19.4 Å². The number of hydrogen-bond donors (Lipinski definition) is 0. The summed E-state index contributed by atoms with van der Waals surface area (Å²) in [5.41, 5.74) is 4.21. The molecule has 3 heterocycles. The largest absolute Gasteiger partial charge is 0.377 e. The topological polar surface area (TPSA) is 99.2 Å². The molecular formula is C23H22N6O3. The highest BCUT2D eigenvalue weighted by Gasteiger charge is 2.30. The second-order valence-corrected chi connectivity index (χ2v) is 7.73. The highest BCUT2D eigenvalue weighted by atomic mass is 16.5. The Hall–Kier alpha value is -3.85. The Morgan fingerprint density at radius 1 is 1.16 bits per heavy atom. The first-order chi connectivity index (χ1) is 15.7. The van der Waals surface area contributed by atoms with E-state index in [4.69, 9.17) is 9.26 Å². The molecule has 1 aliphatic rings. The SMILES string of the molecule is Cc1ccc(C(=O)N2CCOC[C@H]2Cc2cccc(-c3ncon3)c2)c(-n2nccn2)c1. The van der Waals surface area contributed by atoms with Gasteiger partial charge in [0, 0.05) is 12.1 Å². The minimum absolute atomic E-state index is 0.0556. The van der Waals surface area contributed by atoms with Gasteiger partial charge >= 0.3 is 0 Å². The summed E-state index contributed by atoms with van der Waals surface area (Å²) in [7, 11) is 0. The van der Waals surface area contributed by atoms with E-state index in [9.17, 15) is 4.79 Å². The van der Waals surface area contributed by atoms with E-state index in [-0.39, 0.29) is 11.9 Å². The molecular weight excluding hydrogens is 408 g/mol. The van der Waals surface area contributed by atoms with Crippen molar-refractivity contribution in [3.8, 4) is 17.1 Å². The maximum atomic E-state index is 13.7. The summed E-state index contributed by atoms with van der Waals surface area (Å²) in [5.74, 6) is 0.482. The van der Waals surface area contributed by atoms with Crippen molar-refractivity contribution in [3.63, 3.8) is 0 Å². The average Bonchev–Trinajstić information content (AvgIpc) is 3.54. The van der Waals surface area contributed by atoms with Crippen LogP contribution in [0.15, 0.2) is 65.8 Å². The molecule has 0 radical (unpaired) electrons. The van der Waals surface area contributed by atoms with Crippen LogP contribution in [-0.4, -0.2) is 61.7 Å². The molecule has 4 aromatic rings. The van der Waals surface area contributed by atoms with Crippen molar-refractivity contribution >= 4 is 5.91 Å². The van der Waals surface area contributed by atoms with Gasteiger partial charge in [0.1, 0.15) is 0 Å². The minimum Gasteiger partial charge on any atom is -0.377 e. The van der Waals surface area contributed by atoms with Crippen molar-refractivity contribution in [1.29, 1.82) is 0 Å². The second-order valence-electron chi connectivity index (χ2n) is 7.73. The molecule has 1 fully saturated rings. The average molecular weight is 430 g/mol. The van der Waals surface area contributed by atoms with Gasteiger partial charge in [-0.05, 0) is 42.7 Å². The lowest BCUT2D eigenvalue weighted by molar-refractivity contribution is -0.00164. The molecule has 2 aromatic carbocycles. The molecule has 1 saturated heterocycles. The van der Waals surface area contributed by atoms with E-state index in [1.165, 1.54) is 11.2 Å². The van der Waals surface area contributed by atoms with Gasteiger partial charge in [0.05, 0.1) is 42.9 Å². The van der Waals surface area contributed by atoms with E-state index in [2.05, 4.69) is 20.3 Å². The van der Waals surface area contributed by atoms with E-state index in [1.54, 1.807) is 12.4 Å². The van der Waals surface area contributed by atoms with Crippen molar-refractivity contribution in [2.75, 3.05) is 19.8 Å². The molecule has 0 N–H and O–H groups in total. The number of amides is 1. The maximum Gasteiger partial charge on any atom is 0.256 e. The van der Waals surface area contributed by atoms with Crippen LogP contribution < -0.4 is 0 Å². The van der Waals surface area contributed by atoms with Crippen LogP contribution in [0.4, 0.5) is 0 Å². The number of hydrogen-bond acceptors (Lipinski definition) is 7. The lowest BCUT2D eigenvalue weighted by Crippen LogP contribution is -2.50. The molecule has 32 heavy (non-hydrogen) atoms. The number of morpholine rings is 1. The third-order valence-electron chi connectivity index (χ3n) is 5.52. The summed E-state index contributed by atoms with van der Waals surface area (Å²) < 4.78 is 10.6. The number of nitrogens with zero attached hydrogens (tertiary/aromatic N) is 6. The van der Waals surface area contributed by atoms with Crippen LogP contribution in [0.3, 0.4) is 0 Å². The van der Waals surface area contributed by atoms with Crippen LogP contribution in [-0.2, 0) is 11.2 Å². The maximum absolute atomic E-state index is 13.7. The number of carbonyl (C=O) groups is 1. The Labute approximate surface area is 184 Å². The summed E-state index contributed by atoms with van der Waals surface area (Å²) in [6.45, 7) is 3.48. The van der Waals surface area contributed by atoms with Crippen molar-refractivity contribution in [2.24, 2.45) is 0 Å². The normalized spacial score (nSPS) is 16.3. The summed E-state index contributed by atoms with van der Waals surface area (Å²) in [6, 6.07) is 13.6. The Balaban J connectivity index is 1.42. The lowest BCUT2D eigenvalue weighted by atomic mass is 10.0. The Morgan fingerprint density at radius 2 is 2.03 bits per heavy atom. The van der Waals surface area contributed by atoms with Crippen molar-refractivity contribution in [3.05, 3.63) is 77.9 Å². The molecule has 0 aliphatic carbocycles. The second kappa shape index (κ2) is 8.72. The van der Waals surface area contributed by atoms with E-state index < -0.39 is 0 Å². The molecule has 1 atom stereocenters.